The van der Waals surface area contributed by atoms with Gasteiger partial charge in [0.1, 0.15) is 12.1 Å². The summed E-state index contributed by atoms with van der Waals surface area (Å²) in [7, 11) is 0. The van der Waals surface area contributed by atoms with Gasteiger partial charge in [-0.2, -0.15) is 26.4 Å². The van der Waals surface area contributed by atoms with Crippen molar-refractivity contribution < 1.29 is 0 Å². The van der Waals surface area contributed by atoms with Crippen LogP contribution in [-0.4, -0.2) is 43.2 Å². The lowest BCUT2D eigenvalue weighted by molar-refractivity contribution is 0.611. The minimum atomic E-state index is 0.451. The summed E-state index contributed by atoms with van der Waals surface area (Å²) < 4.78 is 1.85. The van der Waals surface area contributed by atoms with Crippen molar-refractivity contribution in [3.05, 3.63) is 42.7 Å². The number of aromatic nitrogens is 4. The zero-order chi connectivity index (χ0) is 15.8. The lowest BCUT2D eigenvalue weighted by Crippen LogP contribution is -2.45. The van der Waals surface area contributed by atoms with Crippen molar-refractivity contribution in [1.82, 2.24) is 19.6 Å². The van der Waals surface area contributed by atoms with E-state index in [1.54, 1.807) is 6.33 Å². The molecule has 0 aliphatic carbocycles. The molecule has 6 heteroatoms. The number of thioether (sulfide) groups is 1. The number of nitrogens with zero attached hydrogens (tertiary/aromatic N) is 5. The zero-order valence-corrected chi connectivity index (χ0v) is 14.1. The van der Waals surface area contributed by atoms with Crippen molar-refractivity contribution in [3.63, 3.8) is 0 Å². The molecular formula is C17H19N5S. The van der Waals surface area contributed by atoms with Gasteiger partial charge in [-0.15, -0.1) is 0 Å². The number of fused-ring (bicyclic) bond motifs is 1. The second kappa shape index (κ2) is 5.85. The first kappa shape index (κ1) is 14.5. The quantitative estimate of drug-likeness (QED) is 0.724. The molecule has 3 aromatic rings. The molecule has 0 bridgehead atoms. The number of benzene rings is 1. The Morgan fingerprint density at radius 2 is 2.00 bits per heavy atom. The van der Waals surface area contributed by atoms with Crippen LogP contribution < -0.4 is 4.90 Å². The summed E-state index contributed by atoms with van der Waals surface area (Å²) in [4.78, 5) is 11.4. The molecule has 1 fully saturated rings. The maximum absolute atomic E-state index is 4.66. The van der Waals surface area contributed by atoms with Crippen molar-refractivity contribution >= 4 is 23.4 Å². The Bertz CT molecular complexity index is 816. The van der Waals surface area contributed by atoms with Crippen LogP contribution in [0.25, 0.3) is 17.0 Å². The molecule has 0 spiro atoms. The molecule has 1 aliphatic rings. The van der Waals surface area contributed by atoms with Gasteiger partial charge in [-0.3, -0.25) is 0 Å². The standard InChI is InChI=1S/C17H19N5S/c1-12-13(2)23-9-8-21(12)16-10-15(14-6-4-3-5-7-14)20-17-18-11-19-22(16)17/h3-7,10-13H,8-9H2,1-2H3. The van der Waals surface area contributed by atoms with Crippen LogP contribution in [0.2, 0.25) is 0 Å². The van der Waals surface area contributed by atoms with E-state index in [-0.39, 0.29) is 0 Å². The van der Waals surface area contributed by atoms with E-state index in [1.807, 2.05) is 34.5 Å². The lowest BCUT2D eigenvalue weighted by Gasteiger charge is -2.38. The number of rotatable bonds is 2. The summed E-state index contributed by atoms with van der Waals surface area (Å²) in [6.07, 6.45) is 1.58. The highest BCUT2D eigenvalue weighted by Gasteiger charge is 2.27. The minimum Gasteiger partial charge on any atom is -0.352 e. The zero-order valence-electron chi connectivity index (χ0n) is 13.3. The van der Waals surface area contributed by atoms with Gasteiger partial charge in [0.25, 0.3) is 5.78 Å². The predicted octanol–water partition coefficient (Wildman–Crippen LogP) is 3.12. The lowest BCUT2D eigenvalue weighted by atomic mass is 10.1. The largest absolute Gasteiger partial charge is 0.352 e. The topological polar surface area (TPSA) is 46.3 Å². The van der Waals surface area contributed by atoms with Crippen LogP contribution in [0.1, 0.15) is 13.8 Å². The summed E-state index contributed by atoms with van der Waals surface area (Å²) in [6, 6.07) is 12.8. The Hall–Kier alpha value is -2.08. The van der Waals surface area contributed by atoms with E-state index in [2.05, 4.69) is 52.0 Å². The van der Waals surface area contributed by atoms with E-state index in [4.69, 9.17) is 0 Å². The van der Waals surface area contributed by atoms with Crippen molar-refractivity contribution in [2.24, 2.45) is 0 Å². The molecule has 4 rings (SSSR count). The maximum atomic E-state index is 4.66. The molecule has 0 saturated carbocycles. The highest BCUT2D eigenvalue weighted by Crippen LogP contribution is 2.31. The van der Waals surface area contributed by atoms with Gasteiger partial charge in [-0.05, 0) is 6.92 Å². The van der Waals surface area contributed by atoms with Crippen LogP contribution in [0.15, 0.2) is 42.7 Å². The minimum absolute atomic E-state index is 0.451. The second-order valence-corrected chi connectivity index (χ2v) is 7.33. The third-order valence-electron chi connectivity index (χ3n) is 4.48. The van der Waals surface area contributed by atoms with Crippen LogP contribution in [0.4, 0.5) is 5.82 Å². The second-order valence-electron chi connectivity index (χ2n) is 5.85. The first-order valence-corrected chi connectivity index (χ1v) is 8.93. The number of anilines is 1. The van der Waals surface area contributed by atoms with E-state index < -0.39 is 0 Å². The first-order chi connectivity index (χ1) is 11.2. The summed E-state index contributed by atoms with van der Waals surface area (Å²) in [6.45, 7) is 5.59. The Morgan fingerprint density at radius 1 is 1.17 bits per heavy atom. The highest BCUT2D eigenvalue weighted by atomic mass is 32.2. The number of hydrogen-bond acceptors (Lipinski definition) is 5. The van der Waals surface area contributed by atoms with Gasteiger partial charge in [-0.1, -0.05) is 37.3 Å². The van der Waals surface area contributed by atoms with Crippen LogP contribution in [-0.2, 0) is 0 Å². The SMILES string of the molecule is CC1SCCN(c2cc(-c3ccccc3)nc3ncnn23)C1C. The van der Waals surface area contributed by atoms with Gasteiger partial charge in [0.05, 0.1) is 5.69 Å². The molecule has 0 amide bonds. The Kier molecular flexibility index (Phi) is 3.69. The third-order valence-corrected chi connectivity index (χ3v) is 5.82. The fourth-order valence-corrected chi connectivity index (χ4v) is 4.11. The van der Waals surface area contributed by atoms with E-state index in [0.717, 1.165) is 29.4 Å². The Labute approximate surface area is 139 Å². The molecule has 0 N–H and O–H groups in total. The predicted molar refractivity (Wildman–Crippen MR) is 94.9 cm³/mol. The Balaban J connectivity index is 1.86. The summed E-state index contributed by atoms with van der Waals surface area (Å²) in [5.41, 5.74) is 2.05. The monoisotopic (exact) mass is 325 g/mol. The molecule has 1 aromatic carbocycles. The van der Waals surface area contributed by atoms with Gasteiger partial charge in [0.2, 0.25) is 0 Å². The molecule has 2 aromatic heterocycles. The van der Waals surface area contributed by atoms with Gasteiger partial charge < -0.3 is 4.90 Å². The first-order valence-electron chi connectivity index (χ1n) is 7.88. The van der Waals surface area contributed by atoms with Crippen LogP contribution in [0.3, 0.4) is 0 Å². The van der Waals surface area contributed by atoms with Crippen molar-refractivity contribution in [2.75, 3.05) is 17.2 Å². The van der Waals surface area contributed by atoms with E-state index in [9.17, 15) is 0 Å². The molecule has 1 aliphatic heterocycles. The molecule has 1 saturated heterocycles. The van der Waals surface area contributed by atoms with Crippen molar-refractivity contribution in [1.29, 1.82) is 0 Å². The van der Waals surface area contributed by atoms with Crippen LogP contribution in [0, 0.1) is 0 Å². The molecule has 2 unspecified atom stereocenters. The highest BCUT2D eigenvalue weighted by molar-refractivity contribution is 8.00. The van der Waals surface area contributed by atoms with E-state index >= 15 is 0 Å². The average Bonchev–Trinajstić information content (AvgIpc) is 3.06. The van der Waals surface area contributed by atoms with Crippen molar-refractivity contribution in [3.8, 4) is 11.3 Å². The molecule has 23 heavy (non-hydrogen) atoms. The smallest absolute Gasteiger partial charge is 0.254 e. The number of hydrogen-bond donors (Lipinski definition) is 0. The molecule has 118 valence electrons. The van der Waals surface area contributed by atoms with Crippen LogP contribution >= 0.6 is 11.8 Å². The average molecular weight is 325 g/mol. The fourth-order valence-electron chi connectivity index (χ4n) is 3.01. The van der Waals surface area contributed by atoms with Crippen LogP contribution in [0.5, 0.6) is 0 Å². The van der Waals surface area contributed by atoms with E-state index in [0.29, 0.717) is 17.1 Å². The Morgan fingerprint density at radius 3 is 2.83 bits per heavy atom. The molecule has 3 heterocycles. The van der Waals surface area contributed by atoms with E-state index in [1.165, 1.54) is 0 Å². The molecular weight excluding hydrogens is 306 g/mol. The molecule has 0 radical (unpaired) electrons. The van der Waals surface area contributed by atoms with Gasteiger partial charge in [0.15, 0.2) is 0 Å². The summed E-state index contributed by atoms with van der Waals surface area (Å²) in [5.74, 6) is 2.86. The maximum Gasteiger partial charge on any atom is 0.254 e. The summed E-state index contributed by atoms with van der Waals surface area (Å²) in [5, 5.41) is 4.98. The fraction of sp³-hybridized carbons (Fsp3) is 0.353. The molecule has 2 atom stereocenters. The molecule has 5 nitrogen and oxygen atoms in total. The van der Waals surface area contributed by atoms with Gasteiger partial charge in [-0.25, -0.2) is 4.98 Å². The summed E-state index contributed by atoms with van der Waals surface area (Å²) >= 11 is 2.03. The van der Waals surface area contributed by atoms with Gasteiger partial charge >= 0.3 is 0 Å². The van der Waals surface area contributed by atoms with Crippen molar-refractivity contribution in [2.45, 2.75) is 25.1 Å². The third kappa shape index (κ3) is 2.57. The van der Waals surface area contributed by atoms with Gasteiger partial charge in [0, 0.05) is 35.2 Å². The normalized spacial score (nSPS) is 21.7.